The fraction of sp³-hybridized carbons (Fsp3) is 0.333. The molecule has 4 nitrogen and oxygen atoms in total. The molecule has 5 heteroatoms. The van der Waals surface area contributed by atoms with Gasteiger partial charge in [-0.05, 0) is 0 Å². The van der Waals surface area contributed by atoms with E-state index in [2.05, 4.69) is 0 Å². The smallest absolute Gasteiger partial charge is 0.169 e. The van der Waals surface area contributed by atoms with Crippen LogP contribution in [0.4, 0.5) is 0 Å². The second-order valence-corrected chi connectivity index (χ2v) is 3.32. The SMILES string of the molecule is NCc1c(O)c(Cl)cc2c1OCCO2. The van der Waals surface area contributed by atoms with Gasteiger partial charge in [0.15, 0.2) is 11.5 Å². The van der Waals surface area contributed by atoms with Gasteiger partial charge in [-0.25, -0.2) is 0 Å². The zero-order valence-electron chi connectivity index (χ0n) is 7.42. The van der Waals surface area contributed by atoms with Crippen LogP contribution < -0.4 is 15.2 Å². The number of phenolic OH excluding ortho intramolecular Hbond substituents is 1. The van der Waals surface area contributed by atoms with Gasteiger partial charge >= 0.3 is 0 Å². The highest BCUT2D eigenvalue weighted by molar-refractivity contribution is 6.32. The van der Waals surface area contributed by atoms with Gasteiger partial charge in [-0.2, -0.15) is 0 Å². The van der Waals surface area contributed by atoms with E-state index in [-0.39, 0.29) is 17.3 Å². The summed E-state index contributed by atoms with van der Waals surface area (Å²) in [5, 5.41) is 9.84. The molecular weight excluding hydrogens is 206 g/mol. The molecule has 0 atom stereocenters. The lowest BCUT2D eigenvalue weighted by Gasteiger charge is -2.21. The van der Waals surface area contributed by atoms with Gasteiger partial charge in [0.05, 0.1) is 10.6 Å². The molecule has 1 heterocycles. The number of rotatable bonds is 1. The first-order chi connectivity index (χ1) is 6.74. The Morgan fingerprint density at radius 2 is 2.14 bits per heavy atom. The fourth-order valence-corrected chi connectivity index (χ4v) is 1.61. The number of hydrogen-bond acceptors (Lipinski definition) is 4. The third-order valence-electron chi connectivity index (χ3n) is 2.06. The van der Waals surface area contributed by atoms with Crippen LogP contribution in [0.15, 0.2) is 6.07 Å². The van der Waals surface area contributed by atoms with Gasteiger partial charge < -0.3 is 20.3 Å². The molecule has 0 amide bonds. The van der Waals surface area contributed by atoms with Crippen LogP contribution in [-0.2, 0) is 6.54 Å². The molecule has 0 aliphatic carbocycles. The summed E-state index contributed by atoms with van der Waals surface area (Å²) in [6, 6.07) is 1.53. The van der Waals surface area contributed by atoms with Gasteiger partial charge in [-0.15, -0.1) is 0 Å². The van der Waals surface area contributed by atoms with E-state index in [0.717, 1.165) is 0 Å². The molecule has 0 fully saturated rings. The van der Waals surface area contributed by atoms with E-state index in [1.165, 1.54) is 6.07 Å². The van der Waals surface area contributed by atoms with E-state index >= 15 is 0 Å². The molecule has 0 saturated heterocycles. The van der Waals surface area contributed by atoms with Gasteiger partial charge in [0.1, 0.15) is 19.0 Å². The molecule has 0 unspecified atom stereocenters. The highest BCUT2D eigenvalue weighted by Gasteiger charge is 2.20. The Labute approximate surface area is 86.2 Å². The van der Waals surface area contributed by atoms with Crippen molar-refractivity contribution >= 4 is 11.6 Å². The van der Waals surface area contributed by atoms with Crippen LogP contribution in [0.3, 0.4) is 0 Å². The molecule has 76 valence electrons. The quantitative estimate of drug-likeness (QED) is 0.741. The number of phenols is 1. The third kappa shape index (κ3) is 1.36. The average Bonchev–Trinajstić information content (AvgIpc) is 2.20. The minimum Gasteiger partial charge on any atom is -0.506 e. The highest BCUT2D eigenvalue weighted by Crippen LogP contribution is 2.43. The van der Waals surface area contributed by atoms with Crippen molar-refractivity contribution in [2.24, 2.45) is 5.73 Å². The van der Waals surface area contributed by atoms with Crippen molar-refractivity contribution in [3.05, 3.63) is 16.7 Å². The number of nitrogens with two attached hydrogens (primary N) is 1. The van der Waals surface area contributed by atoms with E-state index in [9.17, 15) is 5.11 Å². The van der Waals surface area contributed by atoms with Gasteiger partial charge in [0.2, 0.25) is 0 Å². The summed E-state index contributed by atoms with van der Waals surface area (Å²) in [5.41, 5.74) is 5.98. The van der Waals surface area contributed by atoms with Crippen molar-refractivity contribution in [1.29, 1.82) is 0 Å². The molecule has 3 N–H and O–H groups in total. The molecule has 1 aromatic rings. The highest BCUT2D eigenvalue weighted by atomic mass is 35.5. The van der Waals surface area contributed by atoms with E-state index < -0.39 is 0 Å². The molecule has 14 heavy (non-hydrogen) atoms. The number of hydrogen-bond donors (Lipinski definition) is 2. The van der Waals surface area contributed by atoms with Gasteiger partial charge in [0, 0.05) is 12.6 Å². The lowest BCUT2D eigenvalue weighted by Crippen LogP contribution is -2.17. The van der Waals surface area contributed by atoms with Crippen LogP contribution in [0, 0.1) is 0 Å². The van der Waals surface area contributed by atoms with E-state index in [4.69, 9.17) is 26.8 Å². The molecular formula is C9H10ClNO3. The molecule has 0 aromatic heterocycles. The number of benzene rings is 1. The summed E-state index contributed by atoms with van der Waals surface area (Å²) >= 11 is 5.79. The first-order valence-corrected chi connectivity index (χ1v) is 4.62. The summed E-state index contributed by atoms with van der Waals surface area (Å²) < 4.78 is 10.7. The minimum atomic E-state index is -0.0292. The van der Waals surface area contributed by atoms with Crippen LogP contribution >= 0.6 is 11.6 Å². The maximum Gasteiger partial charge on any atom is 0.169 e. The zero-order chi connectivity index (χ0) is 10.1. The molecule has 0 radical (unpaired) electrons. The van der Waals surface area contributed by atoms with Crippen LogP contribution in [0.5, 0.6) is 17.2 Å². The number of halogens is 1. The molecule has 1 aliphatic heterocycles. The Bertz CT molecular complexity index is 368. The van der Waals surface area contributed by atoms with Gasteiger partial charge in [-0.1, -0.05) is 11.6 Å². The number of fused-ring (bicyclic) bond motifs is 1. The zero-order valence-corrected chi connectivity index (χ0v) is 8.17. The average molecular weight is 216 g/mol. The van der Waals surface area contributed by atoms with Crippen molar-refractivity contribution in [1.82, 2.24) is 0 Å². The molecule has 0 bridgehead atoms. The third-order valence-corrected chi connectivity index (χ3v) is 2.35. The lowest BCUT2D eigenvalue weighted by molar-refractivity contribution is 0.169. The summed E-state index contributed by atoms with van der Waals surface area (Å²) in [4.78, 5) is 0. The van der Waals surface area contributed by atoms with Crippen molar-refractivity contribution in [3.8, 4) is 17.2 Å². The normalized spacial score (nSPS) is 14.1. The van der Waals surface area contributed by atoms with Crippen LogP contribution in [0.1, 0.15) is 5.56 Å². The Hall–Kier alpha value is -1.13. The van der Waals surface area contributed by atoms with Gasteiger partial charge in [-0.3, -0.25) is 0 Å². The maximum absolute atomic E-state index is 9.61. The largest absolute Gasteiger partial charge is 0.506 e. The Kier molecular flexibility index (Phi) is 2.39. The predicted molar refractivity (Wildman–Crippen MR) is 52.0 cm³/mol. The minimum absolute atomic E-state index is 0.0292. The van der Waals surface area contributed by atoms with Gasteiger partial charge in [0.25, 0.3) is 0 Å². The summed E-state index contributed by atoms with van der Waals surface area (Å²) in [6.45, 7) is 1.11. The maximum atomic E-state index is 9.61. The van der Waals surface area contributed by atoms with Crippen molar-refractivity contribution in [3.63, 3.8) is 0 Å². The van der Waals surface area contributed by atoms with Crippen molar-refractivity contribution < 1.29 is 14.6 Å². The van der Waals surface area contributed by atoms with Crippen LogP contribution in [0.2, 0.25) is 5.02 Å². The predicted octanol–water partition coefficient (Wildman–Crippen LogP) is 1.28. The first-order valence-electron chi connectivity index (χ1n) is 4.24. The second-order valence-electron chi connectivity index (χ2n) is 2.91. The summed E-state index contributed by atoms with van der Waals surface area (Å²) in [5.74, 6) is 1.01. The van der Waals surface area contributed by atoms with Crippen LogP contribution in [-0.4, -0.2) is 18.3 Å². The molecule has 0 saturated carbocycles. The van der Waals surface area contributed by atoms with Crippen molar-refractivity contribution in [2.45, 2.75) is 6.54 Å². The first kappa shape index (κ1) is 9.43. The Morgan fingerprint density at radius 3 is 2.86 bits per heavy atom. The van der Waals surface area contributed by atoms with E-state index in [1.54, 1.807) is 0 Å². The van der Waals surface area contributed by atoms with Crippen molar-refractivity contribution in [2.75, 3.05) is 13.2 Å². The van der Waals surface area contributed by atoms with E-state index in [0.29, 0.717) is 30.3 Å². The van der Waals surface area contributed by atoms with Crippen LogP contribution in [0.25, 0.3) is 0 Å². The summed E-state index contributed by atoms with van der Waals surface area (Å²) in [7, 11) is 0. The topological polar surface area (TPSA) is 64.7 Å². The number of ether oxygens (including phenoxy) is 2. The summed E-state index contributed by atoms with van der Waals surface area (Å²) in [6.07, 6.45) is 0. The second kappa shape index (κ2) is 3.55. The Balaban J connectivity index is 2.60. The lowest BCUT2D eigenvalue weighted by atomic mass is 10.1. The number of aromatic hydroxyl groups is 1. The molecule has 1 aliphatic rings. The Morgan fingerprint density at radius 1 is 1.43 bits per heavy atom. The standard InChI is InChI=1S/C9H10ClNO3/c10-6-3-7-9(14-2-1-13-7)5(4-11)8(6)12/h3,12H,1-2,4,11H2. The monoisotopic (exact) mass is 215 g/mol. The fourth-order valence-electron chi connectivity index (χ4n) is 1.40. The molecule has 0 spiro atoms. The molecule has 2 rings (SSSR count). The van der Waals surface area contributed by atoms with E-state index in [1.807, 2.05) is 0 Å². The molecule has 1 aromatic carbocycles.